The molecular weight excluding hydrogens is 412 g/mol. The fraction of sp³-hybridized carbons (Fsp3) is 0.333. The molecule has 29 heavy (non-hydrogen) atoms. The van der Waals surface area contributed by atoms with E-state index in [2.05, 4.69) is 5.32 Å². The maximum atomic E-state index is 12.7. The predicted octanol–water partition coefficient (Wildman–Crippen LogP) is 3.62. The van der Waals surface area contributed by atoms with Gasteiger partial charge in [-0.15, -0.1) is 0 Å². The first-order chi connectivity index (χ1) is 13.8. The van der Waals surface area contributed by atoms with E-state index in [1.807, 2.05) is 0 Å². The lowest BCUT2D eigenvalue weighted by Crippen LogP contribution is -2.43. The van der Waals surface area contributed by atoms with Gasteiger partial charge in [-0.3, -0.25) is 9.59 Å². The summed E-state index contributed by atoms with van der Waals surface area (Å²) in [5, 5.41) is 3.36. The molecule has 2 aromatic rings. The minimum Gasteiger partial charge on any atom is -0.338 e. The van der Waals surface area contributed by atoms with Crippen LogP contribution in [0.2, 0.25) is 5.02 Å². The van der Waals surface area contributed by atoms with Crippen LogP contribution in [0.25, 0.3) is 0 Å². The number of anilines is 1. The lowest BCUT2D eigenvalue weighted by atomic mass is 9.96. The topological polar surface area (TPSA) is 83.6 Å². The van der Waals surface area contributed by atoms with Crippen LogP contribution in [-0.2, 0) is 14.6 Å². The summed E-state index contributed by atoms with van der Waals surface area (Å²) in [6.07, 6.45) is 1.39. The summed E-state index contributed by atoms with van der Waals surface area (Å²) in [5.74, 6) is -0.708. The van der Waals surface area contributed by atoms with Gasteiger partial charge in [-0.1, -0.05) is 24.6 Å². The van der Waals surface area contributed by atoms with Crippen molar-refractivity contribution in [2.24, 2.45) is 5.92 Å². The second kappa shape index (κ2) is 8.97. The zero-order valence-electron chi connectivity index (χ0n) is 16.1. The van der Waals surface area contributed by atoms with Crippen molar-refractivity contribution in [2.75, 3.05) is 24.2 Å². The van der Waals surface area contributed by atoms with Gasteiger partial charge >= 0.3 is 0 Å². The number of benzene rings is 2. The van der Waals surface area contributed by atoms with E-state index in [4.69, 9.17) is 11.6 Å². The van der Waals surface area contributed by atoms with Crippen molar-refractivity contribution < 1.29 is 18.0 Å². The minimum atomic E-state index is -3.35. The first-order valence-corrected chi connectivity index (χ1v) is 11.5. The number of piperidine rings is 1. The first-order valence-electron chi connectivity index (χ1n) is 9.48. The number of nitrogens with one attached hydrogen (secondary N) is 1. The van der Waals surface area contributed by atoms with E-state index in [0.29, 0.717) is 35.8 Å². The summed E-state index contributed by atoms with van der Waals surface area (Å²) >= 11 is 5.88. The summed E-state index contributed by atoms with van der Waals surface area (Å²) in [4.78, 5) is 27.3. The second-order valence-electron chi connectivity index (χ2n) is 7.02. The van der Waals surface area contributed by atoms with Crippen molar-refractivity contribution in [3.8, 4) is 0 Å². The summed E-state index contributed by atoms with van der Waals surface area (Å²) in [6.45, 7) is 2.49. The quantitative estimate of drug-likeness (QED) is 0.778. The number of halogens is 1. The van der Waals surface area contributed by atoms with E-state index in [9.17, 15) is 18.0 Å². The Morgan fingerprint density at radius 2 is 1.90 bits per heavy atom. The third-order valence-corrected chi connectivity index (χ3v) is 7.00. The van der Waals surface area contributed by atoms with Crippen molar-refractivity contribution in [3.05, 3.63) is 59.1 Å². The van der Waals surface area contributed by atoms with Crippen LogP contribution < -0.4 is 5.32 Å². The van der Waals surface area contributed by atoms with E-state index < -0.39 is 9.84 Å². The van der Waals surface area contributed by atoms with E-state index in [0.717, 1.165) is 6.42 Å². The van der Waals surface area contributed by atoms with Gasteiger partial charge in [0.2, 0.25) is 5.91 Å². The largest absolute Gasteiger partial charge is 0.338 e. The molecule has 8 heteroatoms. The monoisotopic (exact) mass is 434 g/mol. The molecule has 1 saturated heterocycles. The van der Waals surface area contributed by atoms with Crippen LogP contribution in [0, 0.1) is 5.92 Å². The lowest BCUT2D eigenvalue weighted by Gasteiger charge is -2.32. The second-order valence-corrected chi connectivity index (χ2v) is 9.73. The molecule has 3 rings (SSSR count). The van der Waals surface area contributed by atoms with E-state index in [1.165, 1.54) is 12.1 Å². The third-order valence-electron chi connectivity index (χ3n) is 5.01. The highest BCUT2D eigenvalue weighted by molar-refractivity contribution is 7.91. The van der Waals surface area contributed by atoms with Gasteiger partial charge in [0.1, 0.15) is 0 Å². The average molecular weight is 435 g/mol. The summed E-state index contributed by atoms with van der Waals surface area (Å²) in [7, 11) is -3.35. The summed E-state index contributed by atoms with van der Waals surface area (Å²) < 4.78 is 24.1. The molecule has 1 fully saturated rings. The van der Waals surface area contributed by atoms with Crippen LogP contribution in [0.1, 0.15) is 30.1 Å². The number of rotatable bonds is 5. The first kappa shape index (κ1) is 21.3. The molecule has 1 atom stereocenters. The Labute approximate surface area is 175 Å². The summed E-state index contributed by atoms with van der Waals surface area (Å²) in [5.41, 5.74) is 0.971. The molecule has 0 saturated carbocycles. The average Bonchev–Trinajstić information content (AvgIpc) is 2.74. The molecule has 1 N–H and O–H groups in total. The van der Waals surface area contributed by atoms with Crippen LogP contribution in [0.15, 0.2) is 53.4 Å². The van der Waals surface area contributed by atoms with E-state index >= 15 is 0 Å². The fourth-order valence-electron chi connectivity index (χ4n) is 3.33. The van der Waals surface area contributed by atoms with Gasteiger partial charge in [-0.2, -0.15) is 0 Å². The number of nitrogens with zero attached hydrogens (tertiary/aromatic N) is 1. The third kappa shape index (κ3) is 5.16. The molecule has 2 amide bonds. The number of hydrogen-bond acceptors (Lipinski definition) is 4. The Balaban J connectivity index is 1.68. The van der Waals surface area contributed by atoms with Crippen LogP contribution in [0.4, 0.5) is 5.69 Å². The van der Waals surface area contributed by atoms with Gasteiger partial charge in [0.25, 0.3) is 5.91 Å². The van der Waals surface area contributed by atoms with Gasteiger partial charge in [0.15, 0.2) is 9.84 Å². The molecule has 154 valence electrons. The molecule has 1 aliphatic heterocycles. The molecule has 1 aliphatic rings. The predicted molar refractivity (Wildman–Crippen MR) is 113 cm³/mol. The number of likely N-dealkylation sites (tertiary alicyclic amines) is 1. The van der Waals surface area contributed by atoms with Crippen LogP contribution in [0.5, 0.6) is 0 Å². The number of amides is 2. The van der Waals surface area contributed by atoms with Crippen molar-refractivity contribution in [2.45, 2.75) is 24.7 Å². The Hall–Kier alpha value is -2.38. The van der Waals surface area contributed by atoms with Gasteiger partial charge in [-0.05, 0) is 55.3 Å². The molecule has 0 aliphatic carbocycles. The molecule has 0 radical (unpaired) electrons. The van der Waals surface area contributed by atoms with E-state index in [-0.39, 0.29) is 28.4 Å². The van der Waals surface area contributed by atoms with Gasteiger partial charge in [0, 0.05) is 29.4 Å². The highest BCUT2D eigenvalue weighted by Crippen LogP contribution is 2.22. The molecular formula is C21H23ClN2O4S. The molecule has 0 aromatic heterocycles. The van der Waals surface area contributed by atoms with Crippen molar-refractivity contribution in [1.82, 2.24) is 4.90 Å². The van der Waals surface area contributed by atoms with Gasteiger partial charge in [0.05, 0.1) is 16.6 Å². The molecule has 1 heterocycles. The van der Waals surface area contributed by atoms with Crippen molar-refractivity contribution in [3.63, 3.8) is 0 Å². The van der Waals surface area contributed by atoms with Gasteiger partial charge in [-0.25, -0.2) is 8.42 Å². The maximum absolute atomic E-state index is 12.7. The van der Waals surface area contributed by atoms with Crippen LogP contribution in [-0.4, -0.2) is 44.0 Å². The number of sulfone groups is 1. The molecule has 2 aromatic carbocycles. The highest BCUT2D eigenvalue weighted by atomic mass is 35.5. The SMILES string of the molecule is CCS(=O)(=O)c1cccc(NC(=O)C2CCCN(C(=O)c3ccc(Cl)cc3)C2)c1. The van der Waals surface area contributed by atoms with Crippen molar-refractivity contribution >= 4 is 38.9 Å². The highest BCUT2D eigenvalue weighted by Gasteiger charge is 2.29. The number of carbonyl (C=O) groups excluding carboxylic acids is 2. The van der Waals surface area contributed by atoms with Crippen molar-refractivity contribution in [1.29, 1.82) is 0 Å². The van der Waals surface area contributed by atoms with Crippen LogP contribution >= 0.6 is 11.6 Å². The molecule has 0 bridgehead atoms. The molecule has 6 nitrogen and oxygen atoms in total. The van der Waals surface area contributed by atoms with Crippen LogP contribution in [0.3, 0.4) is 0 Å². The Morgan fingerprint density at radius 1 is 1.17 bits per heavy atom. The molecule has 0 spiro atoms. The molecule has 1 unspecified atom stereocenters. The zero-order chi connectivity index (χ0) is 21.0. The maximum Gasteiger partial charge on any atom is 0.253 e. The Kier molecular flexibility index (Phi) is 6.59. The number of carbonyl (C=O) groups is 2. The lowest BCUT2D eigenvalue weighted by molar-refractivity contribution is -0.121. The number of hydrogen-bond donors (Lipinski definition) is 1. The standard InChI is InChI=1S/C21H23ClN2O4S/c1-2-29(27,28)19-7-3-6-18(13-19)23-20(25)16-5-4-12-24(14-16)21(26)15-8-10-17(22)11-9-15/h3,6-11,13,16H,2,4-5,12,14H2,1H3,(H,23,25). The van der Waals surface area contributed by atoms with Gasteiger partial charge < -0.3 is 10.2 Å². The Morgan fingerprint density at radius 3 is 2.59 bits per heavy atom. The normalized spacial score (nSPS) is 17.0. The Bertz CT molecular complexity index is 1010. The van der Waals surface area contributed by atoms with E-state index in [1.54, 1.807) is 48.2 Å². The fourth-order valence-corrected chi connectivity index (χ4v) is 4.38. The zero-order valence-corrected chi connectivity index (χ0v) is 17.7. The summed E-state index contributed by atoms with van der Waals surface area (Å²) in [6, 6.07) is 12.9. The smallest absolute Gasteiger partial charge is 0.253 e. The minimum absolute atomic E-state index is 0.00516.